The third kappa shape index (κ3) is 5.15. The van der Waals surface area contributed by atoms with Crippen LogP contribution >= 0.6 is 15.6 Å². The number of nitrogen functional groups attached to an aromatic ring is 1. The molecular weight excluding hydrogens is 388 g/mol. The fourth-order valence-corrected chi connectivity index (χ4v) is 3.64. The standard InChI is InChI=1S/C9H15N3O11P2/c10-5-1-2-12(9(15)11-5)8-7(14)6(13)4(22-8)3-21-25(19,20)23-24(16,17)18/h1-2,4,6-8,13-14H,3H2,(H,19,20)(H2,10,11,15)(H2,16,17,18)/t4-,6-,7-,8+/m0/s1. The summed E-state index contributed by atoms with van der Waals surface area (Å²) in [7, 11) is -10.5. The Morgan fingerprint density at radius 1 is 1.28 bits per heavy atom. The fraction of sp³-hybridized carbons (Fsp3) is 0.556. The number of aliphatic hydroxyl groups excluding tert-OH is 2. The summed E-state index contributed by atoms with van der Waals surface area (Å²) in [5, 5.41) is 19.8. The molecule has 0 aromatic carbocycles. The molecule has 16 heteroatoms. The minimum absolute atomic E-state index is 0.0787. The number of anilines is 1. The Bertz CT molecular complexity index is 778. The average molecular weight is 403 g/mol. The molecule has 25 heavy (non-hydrogen) atoms. The number of aromatic nitrogens is 2. The van der Waals surface area contributed by atoms with E-state index < -0.39 is 52.5 Å². The summed E-state index contributed by atoms with van der Waals surface area (Å²) >= 11 is 0. The van der Waals surface area contributed by atoms with Gasteiger partial charge in [-0.05, 0) is 6.07 Å². The van der Waals surface area contributed by atoms with Crippen LogP contribution in [0.5, 0.6) is 0 Å². The van der Waals surface area contributed by atoms with E-state index in [1.165, 1.54) is 6.07 Å². The summed E-state index contributed by atoms with van der Waals surface area (Å²) in [4.78, 5) is 41.3. The van der Waals surface area contributed by atoms with Gasteiger partial charge in [-0.15, -0.1) is 0 Å². The number of nitrogens with two attached hydrogens (primary N) is 1. The van der Waals surface area contributed by atoms with Gasteiger partial charge in [-0.2, -0.15) is 9.29 Å². The molecule has 0 spiro atoms. The zero-order valence-corrected chi connectivity index (χ0v) is 14.0. The number of hydrogen-bond acceptors (Lipinski definition) is 10. The van der Waals surface area contributed by atoms with Gasteiger partial charge in [-0.1, -0.05) is 0 Å². The quantitative estimate of drug-likeness (QED) is 0.274. The second kappa shape index (κ2) is 7.21. The van der Waals surface area contributed by atoms with E-state index in [0.717, 1.165) is 10.8 Å². The normalized spacial score (nSPS) is 29.5. The molecule has 1 aliphatic heterocycles. The van der Waals surface area contributed by atoms with Crippen LogP contribution in [0, 0.1) is 0 Å². The smallest absolute Gasteiger partial charge is 0.387 e. The van der Waals surface area contributed by atoms with Crippen molar-refractivity contribution in [2.75, 3.05) is 12.3 Å². The molecule has 1 aromatic heterocycles. The maximum Gasteiger partial charge on any atom is 0.481 e. The van der Waals surface area contributed by atoms with Crippen molar-refractivity contribution < 1.29 is 47.6 Å². The van der Waals surface area contributed by atoms with Crippen LogP contribution in [-0.4, -0.2) is 59.4 Å². The molecule has 2 heterocycles. The monoisotopic (exact) mass is 403 g/mol. The molecule has 1 unspecified atom stereocenters. The first-order valence-corrected chi connectivity index (χ1v) is 9.53. The molecule has 5 atom stereocenters. The summed E-state index contributed by atoms with van der Waals surface area (Å²) in [5.41, 5.74) is 4.45. The summed E-state index contributed by atoms with van der Waals surface area (Å²) in [6.07, 6.45) is -4.93. The van der Waals surface area contributed by atoms with Crippen molar-refractivity contribution in [1.82, 2.24) is 9.55 Å². The van der Waals surface area contributed by atoms with E-state index in [9.17, 15) is 24.1 Å². The number of nitrogens with zero attached hydrogens (tertiary/aromatic N) is 2. The third-order valence-corrected chi connectivity index (χ3v) is 5.23. The molecule has 7 N–H and O–H groups in total. The molecule has 142 valence electrons. The first-order chi connectivity index (χ1) is 11.4. The maximum absolute atomic E-state index is 11.7. The van der Waals surface area contributed by atoms with Crippen molar-refractivity contribution in [3.8, 4) is 0 Å². The lowest BCUT2D eigenvalue weighted by molar-refractivity contribution is -0.0541. The van der Waals surface area contributed by atoms with E-state index in [1.807, 2.05) is 0 Å². The van der Waals surface area contributed by atoms with Crippen LogP contribution in [0.1, 0.15) is 6.23 Å². The Labute approximate surface area is 139 Å². The highest BCUT2D eigenvalue weighted by atomic mass is 31.3. The fourth-order valence-electron chi connectivity index (χ4n) is 2.04. The van der Waals surface area contributed by atoms with Gasteiger partial charge < -0.3 is 35.4 Å². The zero-order valence-electron chi connectivity index (χ0n) is 12.2. The minimum atomic E-state index is -5.30. The van der Waals surface area contributed by atoms with E-state index in [-0.39, 0.29) is 5.82 Å². The molecule has 2 rings (SSSR count). The Balaban J connectivity index is 2.08. The van der Waals surface area contributed by atoms with Crippen molar-refractivity contribution in [2.45, 2.75) is 24.5 Å². The van der Waals surface area contributed by atoms with Gasteiger partial charge in [0.25, 0.3) is 0 Å². The molecule has 0 radical (unpaired) electrons. The van der Waals surface area contributed by atoms with Crippen LogP contribution in [0.25, 0.3) is 0 Å². The van der Waals surface area contributed by atoms with Gasteiger partial charge >= 0.3 is 21.3 Å². The second-order valence-corrected chi connectivity index (χ2v) is 7.75. The second-order valence-electron chi connectivity index (χ2n) is 4.93. The van der Waals surface area contributed by atoms with Gasteiger partial charge in [0.05, 0.1) is 6.61 Å². The van der Waals surface area contributed by atoms with E-state index in [0.29, 0.717) is 0 Å². The van der Waals surface area contributed by atoms with Gasteiger partial charge in [-0.25, -0.2) is 13.9 Å². The van der Waals surface area contributed by atoms with Gasteiger partial charge in [0.15, 0.2) is 6.23 Å². The van der Waals surface area contributed by atoms with E-state index in [1.54, 1.807) is 0 Å². The Morgan fingerprint density at radius 2 is 1.92 bits per heavy atom. The Hall–Kier alpha value is -1.18. The van der Waals surface area contributed by atoms with Crippen LogP contribution in [-0.2, 0) is 22.7 Å². The number of hydrogen-bond donors (Lipinski definition) is 6. The summed E-state index contributed by atoms with van der Waals surface area (Å²) < 4.78 is 35.8. The third-order valence-electron chi connectivity index (χ3n) is 3.07. The maximum atomic E-state index is 11.7. The predicted molar refractivity (Wildman–Crippen MR) is 77.7 cm³/mol. The Kier molecular flexibility index (Phi) is 5.81. The molecular formula is C9H15N3O11P2. The molecule has 1 saturated heterocycles. The zero-order chi connectivity index (χ0) is 19.0. The molecule has 1 aliphatic rings. The van der Waals surface area contributed by atoms with E-state index in [4.69, 9.17) is 25.2 Å². The van der Waals surface area contributed by atoms with Crippen LogP contribution in [0.3, 0.4) is 0 Å². The molecule has 0 bridgehead atoms. The van der Waals surface area contributed by atoms with Crippen LogP contribution in [0.4, 0.5) is 5.82 Å². The minimum Gasteiger partial charge on any atom is -0.387 e. The van der Waals surface area contributed by atoms with Crippen LogP contribution < -0.4 is 11.4 Å². The van der Waals surface area contributed by atoms with Gasteiger partial charge in [-0.3, -0.25) is 9.09 Å². The van der Waals surface area contributed by atoms with Crippen molar-refractivity contribution in [1.29, 1.82) is 0 Å². The predicted octanol–water partition coefficient (Wildman–Crippen LogP) is -2.33. The number of ether oxygens (including phenoxy) is 1. The van der Waals surface area contributed by atoms with Crippen LogP contribution in [0.2, 0.25) is 0 Å². The van der Waals surface area contributed by atoms with Crippen molar-refractivity contribution >= 4 is 21.5 Å². The van der Waals surface area contributed by atoms with Gasteiger partial charge in [0.1, 0.15) is 24.1 Å². The van der Waals surface area contributed by atoms with Crippen LogP contribution in [0.15, 0.2) is 17.1 Å². The SMILES string of the molecule is Nc1ccn([C@@H]2O[C@@H](COP(=O)(O)OP(=O)(O)O)[C@H](O)[C@@H]2O)c(=O)n1. The summed E-state index contributed by atoms with van der Waals surface area (Å²) in [6, 6.07) is 1.24. The molecule has 0 amide bonds. The highest BCUT2D eigenvalue weighted by Gasteiger charge is 2.45. The number of aliphatic hydroxyl groups is 2. The lowest BCUT2D eigenvalue weighted by Gasteiger charge is -2.17. The van der Waals surface area contributed by atoms with Gasteiger partial charge in [0, 0.05) is 6.20 Å². The molecule has 0 aliphatic carbocycles. The first kappa shape index (κ1) is 20.1. The Morgan fingerprint density at radius 3 is 2.48 bits per heavy atom. The van der Waals surface area contributed by atoms with E-state index in [2.05, 4.69) is 13.8 Å². The van der Waals surface area contributed by atoms with Gasteiger partial charge in [0.2, 0.25) is 0 Å². The van der Waals surface area contributed by atoms with Crippen molar-refractivity contribution in [2.24, 2.45) is 0 Å². The topological polar surface area (TPSA) is 224 Å². The first-order valence-electron chi connectivity index (χ1n) is 6.50. The molecule has 1 aromatic rings. The van der Waals surface area contributed by atoms with Crippen molar-refractivity contribution in [3.05, 3.63) is 22.7 Å². The number of phosphoric ester groups is 1. The summed E-state index contributed by atoms with van der Waals surface area (Å²) in [6.45, 7) is -0.875. The lowest BCUT2D eigenvalue weighted by Crippen LogP contribution is -2.36. The average Bonchev–Trinajstić information content (AvgIpc) is 2.71. The lowest BCUT2D eigenvalue weighted by atomic mass is 10.1. The number of phosphoric acid groups is 2. The highest BCUT2D eigenvalue weighted by molar-refractivity contribution is 7.60. The highest BCUT2D eigenvalue weighted by Crippen LogP contribution is 2.57. The van der Waals surface area contributed by atoms with Crippen molar-refractivity contribution in [3.63, 3.8) is 0 Å². The molecule has 1 fully saturated rings. The van der Waals surface area contributed by atoms with E-state index >= 15 is 0 Å². The largest absolute Gasteiger partial charge is 0.481 e. The summed E-state index contributed by atoms with van der Waals surface area (Å²) in [5.74, 6) is -0.0787. The molecule has 0 saturated carbocycles. The molecule has 14 nitrogen and oxygen atoms in total. The number of rotatable bonds is 6.